The Morgan fingerprint density at radius 2 is 0.915 bits per heavy atom. The normalized spacial score (nSPS) is 20.0. The van der Waals surface area contributed by atoms with Crippen LogP contribution in [0.4, 0.5) is 0 Å². The predicted molar refractivity (Wildman–Crippen MR) is 238 cm³/mol. The Morgan fingerprint density at radius 3 is 1.37 bits per heavy atom. The monoisotopic (exact) mass is 841 g/mol. The van der Waals surface area contributed by atoms with Crippen molar-refractivity contribution >= 4 is 11.9 Å². The average molecular weight is 841 g/mol. The summed E-state index contributed by atoms with van der Waals surface area (Å²) in [6, 6.07) is 0. The molecule has 10 heteroatoms. The van der Waals surface area contributed by atoms with E-state index in [4.69, 9.17) is 18.9 Å². The summed E-state index contributed by atoms with van der Waals surface area (Å²) in [5, 5.41) is 40.1. The molecule has 0 saturated carbocycles. The summed E-state index contributed by atoms with van der Waals surface area (Å²) in [5.74, 6) is -0.806. The molecule has 1 aliphatic heterocycles. The molecule has 0 aliphatic carbocycles. The van der Waals surface area contributed by atoms with Crippen molar-refractivity contribution in [1.29, 1.82) is 0 Å². The molecule has 0 aromatic rings. The first-order valence-electron chi connectivity index (χ1n) is 24.8. The van der Waals surface area contributed by atoms with E-state index in [2.05, 4.69) is 26.0 Å². The zero-order chi connectivity index (χ0) is 43.0. The molecule has 1 fully saturated rings. The quantitative estimate of drug-likeness (QED) is 0.0265. The van der Waals surface area contributed by atoms with E-state index in [0.29, 0.717) is 6.42 Å². The highest BCUT2D eigenvalue weighted by atomic mass is 16.7. The molecule has 0 amide bonds. The summed E-state index contributed by atoms with van der Waals surface area (Å²) < 4.78 is 22.2. The predicted octanol–water partition coefficient (Wildman–Crippen LogP) is 11.1. The Hall–Kier alpha value is -1.56. The van der Waals surface area contributed by atoms with Crippen LogP contribution in [-0.4, -0.2) is 89.0 Å². The van der Waals surface area contributed by atoms with Gasteiger partial charge in [0.1, 0.15) is 31.0 Å². The minimum Gasteiger partial charge on any atom is -0.462 e. The number of aliphatic hydroxyl groups is 4. The van der Waals surface area contributed by atoms with E-state index in [0.717, 1.165) is 57.8 Å². The molecule has 1 heterocycles. The summed E-state index contributed by atoms with van der Waals surface area (Å²) in [4.78, 5) is 25.3. The molecule has 0 bridgehead atoms. The van der Waals surface area contributed by atoms with Crippen molar-refractivity contribution in [2.45, 2.75) is 269 Å². The molecular weight excluding hydrogens is 749 g/mol. The first-order valence-corrected chi connectivity index (χ1v) is 24.8. The van der Waals surface area contributed by atoms with E-state index in [1.807, 2.05) is 0 Å². The van der Waals surface area contributed by atoms with Gasteiger partial charge in [0.25, 0.3) is 0 Å². The van der Waals surface area contributed by atoms with Gasteiger partial charge in [0, 0.05) is 12.8 Å². The summed E-state index contributed by atoms with van der Waals surface area (Å²) in [6.07, 6.45) is 36.7. The van der Waals surface area contributed by atoms with Crippen molar-refractivity contribution in [2.75, 3.05) is 19.8 Å². The Balaban J connectivity index is 2.19. The Kier molecular flexibility index (Phi) is 38.1. The Bertz CT molecular complexity index is 974. The molecule has 0 aromatic heterocycles. The topological polar surface area (TPSA) is 152 Å². The molecular formula is C49H92O10. The fourth-order valence-electron chi connectivity index (χ4n) is 7.70. The van der Waals surface area contributed by atoms with Gasteiger partial charge in [0.2, 0.25) is 0 Å². The molecule has 0 spiro atoms. The molecule has 348 valence electrons. The molecule has 2 unspecified atom stereocenters. The van der Waals surface area contributed by atoms with Gasteiger partial charge in [-0.1, -0.05) is 199 Å². The highest BCUT2D eigenvalue weighted by Gasteiger charge is 2.44. The lowest BCUT2D eigenvalue weighted by Crippen LogP contribution is -2.59. The van der Waals surface area contributed by atoms with Crippen molar-refractivity contribution in [3.63, 3.8) is 0 Å². The van der Waals surface area contributed by atoms with Crippen LogP contribution >= 0.6 is 0 Å². The number of hydrogen-bond donors (Lipinski definition) is 4. The van der Waals surface area contributed by atoms with Crippen LogP contribution in [0.1, 0.15) is 232 Å². The minimum atomic E-state index is -1.59. The average Bonchev–Trinajstić information content (AvgIpc) is 3.23. The van der Waals surface area contributed by atoms with Gasteiger partial charge in [-0.15, -0.1) is 0 Å². The van der Waals surface area contributed by atoms with E-state index in [1.165, 1.54) is 141 Å². The van der Waals surface area contributed by atoms with Gasteiger partial charge in [0.15, 0.2) is 12.4 Å². The fourth-order valence-corrected chi connectivity index (χ4v) is 7.70. The summed E-state index contributed by atoms with van der Waals surface area (Å²) in [5.41, 5.74) is 0. The highest BCUT2D eigenvalue weighted by Crippen LogP contribution is 2.23. The van der Waals surface area contributed by atoms with E-state index in [-0.39, 0.29) is 32.0 Å². The van der Waals surface area contributed by atoms with Gasteiger partial charge in [-0.2, -0.15) is 0 Å². The van der Waals surface area contributed by atoms with Crippen molar-refractivity contribution < 1.29 is 49.0 Å². The summed E-state index contributed by atoms with van der Waals surface area (Å²) in [7, 11) is 0. The number of ether oxygens (including phenoxy) is 4. The number of esters is 2. The molecule has 1 aliphatic rings. The van der Waals surface area contributed by atoms with E-state index in [9.17, 15) is 30.0 Å². The number of aliphatic hydroxyl groups excluding tert-OH is 4. The third kappa shape index (κ3) is 31.9. The van der Waals surface area contributed by atoms with Gasteiger partial charge >= 0.3 is 11.9 Å². The lowest BCUT2D eigenvalue weighted by atomic mass is 9.99. The van der Waals surface area contributed by atoms with Crippen LogP contribution < -0.4 is 0 Å². The molecule has 4 N–H and O–H groups in total. The standard InChI is InChI=1S/C49H92O10/c1-3-5-7-9-11-13-15-16-17-18-19-20-21-22-23-24-25-26-28-29-31-33-35-37-44(51)56-40-42(41-57-49-48(55)47(54)46(53)43(39-50)59-49)58-45(52)38-36-34-32-30-27-14-12-10-8-6-4-2/h10,12,42-43,46-50,53-55H,3-9,11,13-41H2,1-2H3/b12-10+/t42-,43-,46+,47?,48?,49-/m0/s1. The molecule has 59 heavy (non-hydrogen) atoms. The van der Waals surface area contributed by atoms with Crippen LogP contribution in [0.25, 0.3) is 0 Å². The maximum absolute atomic E-state index is 12.7. The third-order valence-corrected chi connectivity index (χ3v) is 11.7. The number of allylic oxidation sites excluding steroid dienone is 2. The van der Waals surface area contributed by atoms with Crippen molar-refractivity contribution in [1.82, 2.24) is 0 Å². The number of hydrogen-bond acceptors (Lipinski definition) is 10. The van der Waals surface area contributed by atoms with Crippen LogP contribution in [0.5, 0.6) is 0 Å². The van der Waals surface area contributed by atoms with Crippen LogP contribution in [0.15, 0.2) is 12.2 Å². The van der Waals surface area contributed by atoms with Crippen molar-refractivity contribution in [2.24, 2.45) is 0 Å². The number of carbonyl (C=O) groups is 2. The van der Waals surface area contributed by atoms with E-state index in [1.54, 1.807) is 0 Å². The van der Waals surface area contributed by atoms with E-state index < -0.39 is 49.4 Å². The molecule has 0 radical (unpaired) electrons. The largest absolute Gasteiger partial charge is 0.462 e. The van der Waals surface area contributed by atoms with Crippen LogP contribution in [0.3, 0.4) is 0 Å². The van der Waals surface area contributed by atoms with E-state index >= 15 is 0 Å². The molecule has 1 saturated heterocycles. The summed E-state index contributed by atoms with van der Waals surface area (Å²) >= 11 is 0. The first kappa shape index (κ1) is 55.5. The van der Waals surface area contributed by atoms with Crippen molar-refractivity contribution in [3.05, 3.63) is 12.2 Å². The second-order valence-electron chi connectivity index (χ2n) is 17.3. The third-order valence-electron chi connectivity index (χ3n) is 11.7. The molecule has 1 rings (SSSR count). The maximum atomic E-state index is 12.7. The number of rotatable bonds is 42. The first-order chi connectivity index (χ1) is 28.8. The number of carbonyl (C=O) groups excluding carboxylic acids is 2. The zero-order valence-electron chi connectivity index (χ0n) is 38.0. The van der Waals surface area contributed by atoms with Crippen LogP contribution in [-0.2, 0) is 28.5 Å². The van der Waals surface area contributed by atoms with Crippen LogP contribution in [0.2, 0.25) is 0 Å². The van der Waals surface area contributed by atoms with Gasteiger partial charge in [0.05, 0.1) is 13.2 Å². The molecule has 0 aromatic carbocycles. The second-order valence-corrected chi connectivity index (χ2v) is 17.3. The fraction of sp³-hybridized carbons (Fsp3) is 0.918. The maximum Gasteiger partial charge on any atom is 0.306 e. The lowest BCUT2D eigenvalue weighted by Gasteiger charge is -2.39. The Labute approximate surface area is 361 Å². The SMILES string of the molecule is CCCC/C=C/CCCCCCCC(=O)O[C@@H](COC(=O)CCCCCCCCCCCCCCCCCCCCCCCCC)CO[C@H]1O[C@@H](CO)[C@@H](O)C(O)C1O. The van der Waals surface area contributed by atoms with Crippen molar-refractivity contribution in [3.8, 4) is 0 Å². The minimum absolute atomic E-state index is 0.215. The second kappa shape index (κ2) is 40.5. The highest BCUT2D eigenvalue weighted by molar-refractivity contribution is 5.70. The Morgan fingerprint density at radius 1 is 0.508 bits per heavy atom. The van der Waals surface area contributed by atoms with Gasteiger partial charge in [-0.05, 0) is 32.1 Å². The molecule has 6 atom stereocenters. The van der Waals surface area contributed by atoms with Gasteiger partial charge < -0.3 is 39.4 Å². The van der Waals surface area contributed by atoms with Gasteiger partial charge in [-0.25, -0.2) is 0 Å². The summed E-state index contributed by atoms with van der Waals surface area (Å²) in [6.45, 7) is 3.40. The lowest BCUT2D eigenvalue weighted by molar-refractivity contribution is -0.305. The molecule has 10 nitrogen and oxygen atoms in total. The zero-order valence-corrected chi connectivity index (χ0v) is 38.0. The van der Waals surface area contributed by atoms with Gasteiger partial charge in [-0.3, -0.25) is 9.59 Å². The smallest absolute Gasteiger partial charge is 0.306 e. The number of unbranched alkanes of at least 4 members (excludes halogenated alkanes) is 29. The van der Waals surface area contributed by atoms with Crippen LogP contribution in [0, 0.1) is 0 Å².